The van der Waals surface area contributed by atoms with Gasteiger partial charge in [0.2, 0.25) is 0 Å². The lowest BCUT2D eigenvalue weighted by molar-refractivity contribution is -0.00673. The minimum Gasteiger partial charge on any atom is -0.378 e. The first-order valence-corrected chi connectivity index (χ1v) is 3.98. The normalized spacial score (nSPS) is 34.8. The van der Waals surface area contributed by atoms with Crippen LogP contribution in [0.4, 0.5) is 0 Å². The van der Waals surface area contributed by atoms with Crippen molar-refractivity contribution in [2.24, 2.45) is 0 Å². The van der Waals surface area contributed by atoms with Crippen LogP contribution in [0.5, 0.6) is 0 Å². The monoisotopic (exact) mass is 143 g/mol. The molecule has 0 bridgehead atoms. The summed E-state index contributed by atoms with van der Waals surface area (Å²) >= 11 is 0. The highest BCUT2D eigenvalue weighted by Crippen LogP contribution is 2.16. The maximum absolute atomic E-state index is 5.43. The molecular formula is C8H17NO. The van der Waals surface area contributed by atoms with Crippen molar-refractivity contribution < 1.29 is 4.74 Å². The van der Waals surface area contributed by atoms with E-state index in [0.717, 1.165) is 12.6 Å². The van der Waals surface area contributed by atoms with Crippen molar-refractivity contribution in [3.63, 3.8) is 0 Å². The molecule has 0 N–H and O–H groups in total. The summed E-state index contributed by atoms with van der Waals surface area (Å²) in [4.78, 5) is 2.29. The molecule has 2 heteroatoms. The van der Waals surface area contributed by atoms with Crippen LogP contribution in [0, 0.1) is 0 Å². The highest BCUT2D eigenvalue weighted by atomic mass is 16.5. The van der Waals surface area contributed by atoms with Gasteiger partial charge >= 0.3 is 0 Å². The minimum atomic E-state index is 0.459. The number of hydrogen-bond acceptors (Lipinski definition) is 2. The van der Waals surface area contributed by atoms with Gasteiger partial charge in [-0.15, -0.1) is 0 Å². The molecule has 0 aliphatic carbocycles. The molecule has 0 radical (unpaired) electrons. The van der Waals surface area contributed by atoms with E-state index in [4.69, 9.17) is 4.74 Å². The summed E-state index contributed by atoms with van der Waals surface area (Å²) in [7, 11) is 4.28. The van der Waals surface area contributed by atoms with E-state index >= 15 is 0 Å². The molecule has 0 spiro atoms. The van der Waals surface area contributed by atoms with E-state index in [1.54, 1.807) is 0 Å². The Morgan fingerprint density at radius 2 is 2.10 bits per heavy atom. The van der Waals surface area contributed by atoms with Crippen molar-refractivity contribution in [1.29, 1.82) is 0 Å². The van der Waals surface area contributed by atoms with Crippen molar-refractivity contribution in [2.75, 3.05) is 20.7 Å². The van der Waals surface area contributed by atoms with Crippen LogP contribution in [0.15, 0.2) is 0 Å². The molecule has 0 aromatic carbocycles. The first-order chi connectivity index (χ1) is 4.70. The number of hydrogen-bond donors (Lipinski definition) is 0. The van der Waals surface area contributed by atoms with Crippen molar-refractivity contribution >= 4 is 0 Å². The van der Waals surface area contributed by atoms with Crippen LogP contribution < -0.4 is 0 Å². The predicted octanol–water partition coefficient (Wildman–Crippen LogP) is 1.12. The van der Waals surface area contributed by atoms with Gasteiger partial charge in [-0.25, -0.2) is 0 Å². The van der Waals surface area contributed by atoms with Gasteiger partial charge < -0.3 is 9.64 Å². The van der Waals surface area contributed by atoms with Gasteiger partial charge in [0.1, 0.15) is 0 Å². The minimum absolute atomic E-state index is 0.459. The Balaban J connectivity index is 2.32. The molecular weight excluding hydrogens is 126 g/mol. The first kappa shape index (κ1) is 8.02. The number of rotatable bonds is 1. The van der Waals surface area contributed by atoms with Crippen LogP contribution in [0.25, 0.3) is 0 Å². The molecule has 0 aromatic rings. The number of nitrogens with zero attached hydrogens (tertiary/aromatic N) is 1. The second kappa shape index (κ2) is 3.35. The quantitative estimate of drug-likeness (QED) is 0.545. The van der Waals surface area contributed by atoms with Crippen LogP contribution in [0.2, 0.25) is 0 Å². The fourth-order valence-electron chi connectivity index (χ4n) is 1.44. The smallest absolute Gasteiger partial charge is 0.0561 e. The summed E-state index contributed by atoms with van der Waals surface area (Å²) in [5.74, 6) is 0. The van der Waals surface area contributed by atoms with E-state index in [1.165, 1.54) is 12.8 Å². The molecule has 10 heavy (non-hydrogen) atoms. The summed E-state index contributed by atoms with van der Waals surface area (Å²) in [5.41, 5.74) is 0. The maximum Gasteiger partial charge on any atom is 0.0561 e. The van der Waals surface area contributed by atoms with Gasteiger partial charge in [-0.3, -0.25) is 0 Å². The molecule has 1 saturated heterocycles. The summed E-state index contributed by atoms with van der Waals surface area (Å²) in [5, 5.41) is 0. The maximum atomic E-state index is 5.43. The Morgan fingerprint density at radius 1 is 1.40 bits per heavy atom. The molecule has 1 rings (SSSR count). The number of ether oxygens (including phenoxy) is 1. The summed E-state index contributed by atoms with van der Waals surface area (Å²) in [6.45, 7) is 3.08. The zero-order chi connectivity index (χ0) is 7.56. The third kappa shape index (κ3) is 1.96. The third-order valence-electron chi connectivity index (χ3n) is 2.19. The zero-order valence-electron chi connectivity index (χ0n) is 7.13. The Hall–Kier alpha value is -0.0800. The first-order valence-electron chi connectivity index (χ1n) is 3.98. The fraction of sp³-hybridized carbons (Fsp3) is 1.00. The molecule has 1 aliphatic rings. The van der Waals surface area contributed by atoms with Crippen molar-refractivity contribution in [1.82, 2.24) is 4.90 Å². The predicted molar refractivity (Wildman–Crippen MR) is 42.1 cm³/mol. The highest BCUT2D eigenvalue weighted by molar-refractivity contribution is 4.73. The van der Waals surface area contributed by atoms with E-state index in [1.807, 2.05) is 0 Å². The fourth-order valence-corrected chi connectivity index (χ4v) is 1.44. The molecule has 1 aliphatic heterocycles. The lowest BCUT2D eigenvalue weighted by Crippen LogP contribution is -2.37. The Morgan fingerprint density at radius 3 is 2.50 bits per heavy atom. The third-order valence-corrected chi connectivity index (χ3v) is 2.19. The lowest BCUT2D eigenvalue weighted by atomic mass is 10.0. The van der Waals surface area contributed by atoms with Crippen LogP contribution in [-0.2, 0) is 4.74 Å². The Bertz CT molecular complexity index is 103. The van der Waals surface area contributed by atoms with E-state index < -0.39 is 0 Å². The molecule has 1 heterocycles. The van der Waals surface area contributed by atoms with Crippen LogP contribution in [0.1, 0.15) is 19.8 Å². The second-order valence-electron chi connectivity index (χ2n) is 3.32. The van der Waals surface area contributed by atoms with Gasteiger partial charge in [0.25, 0.3) is 0 Å². The van der Waals surface area contributed by atoms with Gasteiger partial charge in [0, 0.05) is 12.6 Å². The van der Waals surface area contributed by atoms with Crippen LogP contribution in [-0.4, -0.2) is 37.7 Å². The zero-order valence-corrected chi connectivity index (χ0v) is 7.13. The summed E-state index contributed by atoms with van der Waals surface area (Å²) < 4.78 is 5.43. The van der Waals surface area contributed by atoms with E-state index in [0.29, 0.717) is 6.10 Å². The van der Waals surface area contributed by atoms with E-state index in [-0.39, 0.29) is 0 Å². The van der Waals surface area contributed by atoms with Crippen molar-refractivity contribution in [3.8, 4) is 0 Å². The van der Waals surface area contributed by atoms with E-state index in [9.17, 15) is 0 Å². The molecule has 1 fully saturated rings. The molecule has 60 valence electrons. The second-order valence-corrected chi connectivity index (χ2v) is 3.32. The van der Waals surface area contributed by atoms with Crippen molar-refractivity contribution in [2.45, 2.75) is 31.9 Å². The molecule has 0 aromatic heterocycles. The van der Waals surface area contributed by atoms with Crippen LogP contribution >= 0.6 is 0 Å². The molecule has 0 amide bonds. The summed E-state index contributed by atoms with van der Waals surface area (Å²) in [6, 6.07) is 0.740. The summed E-state index contributed by atoms with van der Waals surface area (Å²) in [6.07, 6.45) is 2.84. The largest absolute Gasteiger partial charge is 0.378 e. The van der Waals surface area contributed by atoms with Gasteiger partial charge in [-0.2, -0.15) is 0 Å². The van der Waals surface area contributed by atoms with E-state index in [2.05, 4.69) is 25.9 Å². The topological polar surface area (TPSA) is 12.5 Å². The van der Waals surface area contributed by atoms with Gasteiger partial charge in [0.15, 0.2) is 0 Å². The molecule has 1 unspecified atom stereocenters. The molecule has 0 saturated carbocycles. The Kier molecular flexibility index (Phi) is 2.69. The van der Waals surface area contributed by atoms with Crippen molar-refractivity contribution in [3.05, 3.63) is 0 Å². The molecule has 2 atom stereocenters. The Labute approximate surface area is 63.2 Å². The van der Waals surface area contributed by atoms with Gasteiger partial charge in [0.05, 0.1) is 6.10 Å². The average molecular weight is 143 g/mol. The average Bonchev–Trinajstić information content (AvgIpc) is 1.88. The van der Waals surface area contributed by atoms with Gasteiger partial charge in [-0.05, 0) is 33.9 Å². The lowest BCUT2D eigenvalue weighted by Gasteiger charge is -2.31. The highest BCUT2D eigenvalue weighted by Gasteiger charge is 2.20. The van der Waals surface area contributed by atoms with Crippen LogP contribution in [0.3, 0.4) is 0 Å². The molecule has 2 nitrogen and oxygen atoms in total. The van der Waals surface area contributed by atoms with Gasteiger partial charge in [-0.1, -0.05) is 0 Å². The SMILES string of the molecule is CC1C[C@@H](N(C)C)CCO1. The standard InChI is InChI=1S/C8H17NO/c1-7-6-8(9(2)3)4-5-10-7/h7-8H,4-6H2,1-3H3/t7?,8-/m0/s1.